The van der Waals surface area contributed by atoms with Crippen molar-refractivity contribution in [1.82, 2.24) is 5.32 Å². The molecule has 2 rings (SSSR count). The van der Waals surface area contributed by atoms with Gasteiger partial charge in [-0.3, -0.25) is 4.79 Å². The number of amides is 1. The Labute approximate surface area is 107 Å². The van der Waals surface area contributed by atoms with Crippen LogP contribution in [0.1, 0.15) is 18.9 Å². The lowest BCUT2D eigenvalue weighted by Crippen LogP contribution is -2.59. The summed E-state index contributed by atoms with van der Waals surface area (Å²) in [5, 5.41) is 11.9. The van der Waals surface area contributed by atoms with Gasteiger partial charge in [-0.05, 0) is 25.5 Å². The van der Waals surface area contributed by atoms with Crippen LogP contribution in [0.25, 0.3) is 0 Å². The van der Waals surface area contributed by atoms with E-state index in [0.29, 0.717) is 6.54 Å². The third-order valence-corrected chi connectivity index (χ3v) is 3.31. The van der Waals surface area contributed by atoms with E-state index in [1.54, 1.807) is 0 Å². The number of hydrogen-bond donors (Lipinski definition) is 1. The number of aryl methyl sites for hydroxylation is 1. The first kappa shape index (κ1) is 12.6. The minimum Gasteiger partial charge on any atom is -0.307 e. The second kappa shape index (κ2) is 5.19. The number of nitriles is 1. The third-order valence-electron chi connectivity index (χ3n) is 3.31. The first-order chi connectivity index (χ1) is 8.65. The number of rotatable bonds is 2. The highest BCUT2D eigenvalue weighted by atomic mass is 16.2. The molecule has 0 bridgehead atoms. The van der Waals surface area contributed by atoms with Crippen molar-refractivity contribution in [1.29, 1.82) is 5.26 Å². The van der Waals surface area contributed by atoms with Crippen molar-refractivity contribution in [2.75, 3.05) is 11.4 Å². The molecule has 2 unspecified atom stereocenters. The fourth-order valence-electron chi connectivity index (χ4n) is 2.32. The van der Waals surface area contributed by atoms with Crippen LogP contribution >= 0.6 is 0 Å². The van der Waals surface area contributed by atoms with E-state index < -0.39 is 0 Å². The molecule has 1 aliphatic heterocycles. The largest absolute Gasteiger partial charge is 0.307 e. The predicted molar refractivity (Wildman–Crippen MR) is 70.1 cm³/mol. The Morgan fingerprint density at radius 3 is 2.89 bits per heavy atom. The molecule has 94 valence electrons. The molecular formula is C14H17N3O. The topological polar surface area (TPSA) is 56.1 Å². The van der Waals surface area contributed by atoms with Crippen LogP contribution in [0.4, 0.5) is 5.69 Å². The molecule has 1 aromatic rings. The molecule has 1 fully saturated rings. The van der Waals surface area contributed by atoms with Crippen molar-refractivity contribution in [2.45, 2.75) is 32.4 Å². The molecule has 0 saturated carbocycles. The molecule has 1 aromatic carbocycles. The Kier molecular flexibility index (Phi) is 3.63. The molecule has 1 saturated heterocycles. The number of hydrogen-bond acceptors (Lipinski definition) is 3. The number of carbonyl (C=O) groups is 1. The summed E-state index contributed by atoms with van der Waals surface area (Å²) in [5.41, 5.74) is 2.02. The normalized spacial score (nSPS) is 23.8. The van der Waals surface area contributed by atoms with Gasteiger partial charge in [-0.2, -0.15) is 5.26 Å². The fraction of sp³-hybridized carbons (Fsp3) is 0.429. The summed E-state index contributed by atoms with van der Waals surface area (Å²) < 4.78 is 0. The number of piperazine rings is 1. The van der Waals surface area contributed by atoms with Crippen molar-refractivity contribution < 1.29 is 4.79 Å². The van der Waals surface area contributed by atoms with Gasteiger partial charge in [0.2, 0.25) is 5.91 Å². The summed E-state index contributed by atoms with van der Waals surface area (Å²) >= 11 is 0. The van der Waals surface area contributed by atoms with Gasteiger partial charge >= 0.3 is 0 Å². The molecule has 0 radical (unpaired) electrons. The average Bonchev–Trinajstić information content (AvgIpc) is 2.35. The van der Waals surface area contributed by atoms with E-state index >= 15 is 0 Å². The Balaban J connectivity index is 2.33. The third kappa shape index (κ3) is 2.22. The van der Waals surface area contributed by atoms with Gasteiger partial charge in [-0.25, -0.2) is 0 Å². The maximum Gasteiger partial charge on any atom is 0.245 e. The molecule has 1 N–H and O–H groups in total. The highest BCUT2D eigenvalue weighted by Crippen LogP contribution is 2.24. The number of para-hydroxylation sites is 1. The predicted octanol–water partition coefficient (Wildman–Crippen LogP) is 1.60. The Morgan fingerprint density at radius 2 is 2.22 bits per heavy atom. The van der Waals surface area contributed by atoms with E-state index in [9.17, 15) is 4.79 Å². The first-order valence-electron chi connectivity index (χ1n) is 6.14. The van der Waals surface area contributed by atoms with Crippen LogP contribution in [0.2, 0.25) is 0 Å². The monoisotopic (exact) mass is 243 g/mol. The van der Waals surface area contributed by atoms with Gasteiger partial charge in [0.05, 0.1) is 12.5 Å². The molecular weight excluding hydrogens is 226 g/mol. The van der Waals surface area contributed by atoms with Gasteiger partial charge in [0.1, 0.15) is 6.04 Å². The summed E-state index contributed by atoms with van der Waals surface area (Å²) in [6.45, 7) is 4.73. The average molecular weight is 243 g/mol. The van der Waals surface area contributed by atoms with Crippen LogP contribution in [0.5, 0.6) is 0 Å². The van der Waals surface area contributed by atoms with Crippen molar-refractivity contribution in [3.63, 3.8) is 0 Å². The molecule has 4 heteroatoms. The number of carbonyl (C=O) groups excluding carboxylic acids is 1. The summed E-state index contributed by atoms with van der Waals surface area (Å²) in [5.74, 6) is -0.00963. The first-order valence-corrected chi connectivity index (χ1v) is 6.14. The van der Waals surface area contributed by atoms with Gasteiger partial charge in [0, 0.05) is 18.3 Å². The molecule has 2 atom stereocenters. The SMILES string of the molecule is Cc1ccccc1N1C(=O)C(CC#N)NCC1C. The molecule has 0 aromatic heterocycles. The van der Waals surface area contributed by atoms with E-state index in [1.807, 2.05) is 43.0 Å². The lowest BCUT2D eigenvalue weighted by molar-refractivity contribution is -0.122. The van der Waals surface area contributed by atoms with E-state index in [2.05, 4.69) is 11.4 Å². The van der Waals surface area contributed by atoms with Crippen molar-refractivity contribution in [2.24, 2.45) is 0 Å². The fourth-order valence-corrected chi connectivity index (χ4v) is 2.32. The van der Waals surface area contributed by atoms with Crippen LogP contribution in [0.15, 0.2) is 24.3 Å². The van der Waals surface area contributed by atoms with E-state index in [0.717, 1.165) is 11.3 Å². The lowest BCUT2D eigenvalue weighted by atomic mass is 10.0. The maximum atomic E-state index is 12.4. The quantitative estimate of drug-likeness (QED) is 0.858. The highest BCUT2D eigenvalue weighted by molar-refractivity contribution is 5.99. The number of nitrogens with one attached hydrogen (secondary N) is 1. The lowest BCUT2D eigenvalue weighted by Gasteiger charge is -2.38. The second-order valence-electron chi connectivity index (χ2n) is 4.67. The molecule has 0 aliphatic carbocycles. The van der Waals surface area contributed by atoms with E-state index in [4.69, 9.17) is 5.26 Å². The van der Waals surface area contributed by atoms with Gasteiger partial charge in [-0.15, -0.1) is 0 Å². The van der Waals surface area contributed by atoms with Gasteiger partial charge < -0.3 is 10.2 Å². The van der Waals surface area contributed by atoms with Crippen LogP contribution in [-0.2, 0) is 4.79 Å². The Hall–Kier alpha value is -1.86. The van der Waals surface area contributed by atoms with Gasteiger partial charge in [-0.1, -0.05) is 18.2 Å². The van der Waals surface area contributed by atoms with Gasteiger partial charge in [0.25, 0.3) is 0 Å². The number of nitrogens with zero attached hydrogens (tertiary/aromatic N) is 2. The Morgan fingerprint density at radius 1 is 1.50 bits per heavy atom. The van der Waals surface area contributed by atoms with Crippen molar-refractivity contribution in [3.05, 3.63) is 29.8 Å². The van der Waals surface area contributed by atoms with Crippen LogP contribution < -0.4 is 10.2 Å². The summed E-state index contributed by atoms with van der Waals surface area (Å²) in [7, 11) is 0. The molecule has 1 amide bonds. The zero-order chi connectivity index (χ0) is 13.1. The minimum absolute atomic E-state index is 0.00963. The molecule has 0 spiro atoms. The molecule has 4 nitrogen and oxygen atoms in total. The van der Waals surface area contributed by atoms with Crippen molar-refractivity contribution in [3.8, 4) is 6.07 Å². The standard InChI is InChI=1S/C14H17N3O/c1-10-5-3-4-6-13(10)17-11(2)9-16-12(7-8-15)14(17)18/h3-6,11-12,16H,7,9H2,1-2H3. The second-order valence-corrected chi connectivity index (χ2v) is 4.67. The zero-order valence-electron chi connectivity index (χ0n) is 10.7. The van der Waals surface area contributed by atoms with Crippen LogP contribution in [0.3, 0.4) is 0 Å². The minimum atomic E-state index is -0.384. The summed E-state index contributed by atoms with van der Waals surface area (Å²) in [6, 6.07) is 9.63. The highest BCUT2D eigenvalue weighted by Gasteiger charge is 2.33. The molecule has 1 aliphatic rings. The van der Waals surface area contributed by atoms with Crippen molar-refractivity contribution >= 4 is 11.6 Å². The smallest absolute Gasteiger partial charge is 0.245 e. The molecule has 18 heavy (non-hydrogen) atoms. The summed E-state index contributed by atoms with van der Waals surface area (Å²) in [4.78, 5) is 14.2. The number of anilines is 1. The summed E-state index contributed by atoms with van der Waals surface area (Å²) in [6.07, 6.45) is 0.216. The zero-order valence-corrected chi connectivity index (χ0v) is 10.7. The Bertz CT molecular complexity index is 492. The maximum absolute atomic E-state index is 12.4. The van der Waals surface area contributed by atoms with E-state index in [1.165, 1.54) is 0 Å². The van der Waals surface area contributed by atoms with Crippen LogP contribution in [0, 0.1) is 18.3 Å². The number of benzene rings is 1. The van der Waals surface area contributed by atoms with Crippen LogP contribution in [-0.4, -0.2) is 24.5 Å². The van der Waals surface area contributed by atoms with Gasteiger partial charge in [0.15, 0.2) is 0 Å². The van der Waals surface area contributed by atoms with E-state index in [-0.39, 0.29) is 24.4 Å². The molecule has 1 heterocycles.